The molecule has 3 aromatic rings. The van der Waals surface area contributed by atoms with Gasteiger partial charge >= 0.3 is 5.97 Å². The van der Waals surface area contributed by atoms with E-state index in [9.17, 15) is 23.9 Å². The Morgan fingerprint density at radius 1 is 1.36 bits per heavy atom. The number of hydrogen-bond acceptors (Lipinski definition) is 7. The van der Waals surface area contributed by atoms with Gasteiger partial charge in [0.15, 0.2) is 17.2 Å². The zero-order valence-electron chi connectivity index (χ0n) is 17.9. The predicted octanol–water partition coefficient (Wildman–Crippen LogP) is 4.57. The molecule has 0 spiro atoms. The van der Waals surface area contributed by atoms with Crippen LogP contribution in [0, 0.1) is 18.3 Å². The van der Waals surface area contributed by atoms with Gasteiger partial charge in [-0.25, -0.2) is 28.5 Å². The van der Waals surface area contributed by atoms with E-state index in [1.807, 2.05) is 19.1 Å². The van der Waals surface area contributed by atoms with Crippen LogP contribution < -0.4 is 10.2 Å². The van der Waals surface area contributed by atoms with Gasteiger partial charge < -0.3 is 15.3 Å². The van der Waals surface area contributed by atoms with E-state index in [0.717, 1.165) is 5.56 Å². The van der Waals surface area contributed by atoms with Crippen LogP contribution in [0.5, 0.6) is 0 Å². The van der Waals surface area contributed by atoms with E-state index in [4.69, 9.17) is 11.6 Å². The first kappa shape index (κ1) is 22.6. The van der Waals surface area contributed by atoms with Crippen molar-refractivity contribution in [3.05, 3.63) is 51.9 Å². The molecule has 0 bridgehead atoms. The standard InChI is InChI=1S/C22H19ClF2N6O2/c1-10-6-13(11(2)27-14-4-5-17(23)29-19(14)21(32)33)18-15(7-10)28-16(8-26)20(30-18)31-9-22(24,25)12(31)3/h4-7,11-12,27H,9H2,1-3H3,(H,32,33)/t11-,12?/m1/s1. The van der Waals surface area contributed by atoms with E-state index >= 15 is 0 Å². The van der Waals surface area contributed by atoms with Crippen molar-refractivity contribution in [2.45, 2.75) is 38.8 Å². The Kier molecular flexibility index (Phi) is 5.54. The molecule has 1 aromatic carbocycles. The molecule has 0 radical (unpaired) electrons. The summed E-state index contributed by atoms with van der Waals surface area (Å²) >= 11 is 5.84. The van der Waals surface area contributed by atoms with Crippen LogP contribution in [0.15, 0.2) is 24.3 Å². The van der Waals surface area contributed by atoms with Gasteiger partial charge in [0.1, 0.15) is 11.2 Å². The monoisotopic (exact) mass is 472 g/mol. The molecule has 0 saturated carbocycles. The third-order valence-electron chi connectivity index (χ3n) is 5.67. The minimum absolute atomic E-state index is 0.0305. The number of rotatable bonds is 5. The number of halogens is 3. The van der Waals surface area contributed by atoms with Crippen molar-refractivity contribution >= 4 is 40.1 Å². The molecule has 8 nitrogen and oxygen atoms in total. The van der Waals surface area contributed by atoms with Gasteiger partial charge in [0, 0.05) is 5.56 Å². The summed E-state index contributed by atoms with van der Waals surface area (Å²) in [6, 6.07) is 6.98. The molecule has 11 heteroatoms. The smallest absolute Gasteiger partial charge is 0.356 e. The number of fused-ring (bicyclic) bond motifs is 1. The van der Waals surface area contributed by atoms with Crippen LogP contribution in [0.2, 0.25) is 5.15 Å². The highest BCUT2D eigenvalue weighted by Gasteiger charge is 2.53. The van der Waals surface area contributed by atoms with E-state index in [2.05, 4.69) is 20.3 Å². The fourth-order valence-electron chi connectivity index (χ4n) is 3.82. The van der Waals surface area contributed by atoms with Gasteiger partial charge in [0.2, 0.25) is 0 Å². The van der Waals surface area contributed by atoms with Crippen molar-refractivity contribution in [3.8, 4) is 6.07 Å². The lowest BCUT2D eigenvalue weighted by Gasteiger charge is -2.46. The van der Waals surface area contributed by atoms with Crippen LogP contribution in [0.3, 0.4) is 0 Å². The first-order valence-corrected chi connectivity index (χ1v) is 10.4. The highest BCUT2D eigenvalue weighted by atomic mass is 35.5. The molecule has 1 fully saturated rings. The number of alkyl halides is 2. The zero-order chi connectivity index (χ0) is 24.1. The lowest BCUT2D eigenvalue weighted by molar-refractivity contribution is -0.0643. The normalized spacial score (nSPS) is 17.8. The molecule has 33 heavy (non-hydrogen) atoms. The van der Waals surface area contributed by atoms with E-state index in [-0.39, 0.29) is 28.0 Å². The minimum atomic E-state index is -2.87. The topological polar surface area (TPSA) is 115 Å². The Morgan fingerprint density at radius 2 is 2.09 bits per heavy atom. The number of aromatic nitrogens is 3. The lowest BCUT2D eigenvalue weighted by atomic mass is 9.99. The molecular weight excluding hydrogens is 454 g/mol. The number of anilines is 2. The Balaban J connectivity index is 1.80. The lowest BCUT2D eigenvalue weighted by Crippen LogP contribution is -2.64. The van der Waals surface area contributed by atoms with E-state index in [1.54, 1.807) is 13.0 Å². The fraction of sp³-hybridized carbons (Fsp3) is 0.318. The van der Waals surface area contributed by atoms with Gasteiger partial charge in [-0.1, -0.05) is 17.7 Å². The molecule has 4 rings (SSSR count). The average molecular weight is 473 g/mol. The summed E-state index contributed by atoms with van der Waals surface area (Å²) in [4.78, 5) is 25.8. The van der Waals surface area contributed by atoms with Crippen molar-refractivity contribution in [2.24, 2.45) is 0 Å². The molecule has 1 aliphatic heterocycles. The number of carboxylic acids is 1. The van der Waals surface area contributed by atoms with Gasteiger partial charge in [-0.2, -0.15) is 5.26 Å². The summed E-state index contributed by atoms with van der Waals surface area (Å²) in [5.74, 6) is -4.02. The van der Waals surface area contributed by atoms with Crippen molar-refractivity contribution in [1.82, 2.24) is 15.0 Å². The second-order valence-corrected chi connectivity index (χ2v) is 8.38. The summed E-state index contributed by atoms with van der Waals surface area (Å²) in [7, 11) is 0. The van der Waals surface area contributed by atoms with Crippen molar-refractivity contribution in [2.75, 3.05) is 16.8 Å². The number of nitriles is 1. The number of aryl methyl sites for hydroxylation is 1. The van der Waals surface area contributed by atoms with Crippen LogP contribution in [-0.2, 0) is 0 Å². The summed E-state index contributed by atoms with van der Waals surface area (Å²) in [5, 5.41) is 22.2. The third kappa shape index (κ3) is 4.00. The molecular formula is C22H19ClF2N6O2. The number of hydrogen-bond donors (Lipinski definition) is 2. The van der Waals surface area contributed by atoms with Gasteiger partial charge in [-0.3, -0.25) is 0 Å². The summed E-state index contributed by atoms with van der Waals surface area (Å²) < 4.78 is 27.6. The van der Waals surface area contributed by atoms with E-state index in [1.165, 1.54) is 24.0 Å². The van der Waals surface area contributed by atoms with Crippen LogP contribution in [0.4, 0.5) is 20.3 Å². The van der Waals surface area contributed by atoms with Gasteiger partial charge in [0.25, 0.3) is 5.92 Å². The summed E-state index contributed by atoms with van der Waals surface area (Å²) in [6.45, 7) is 4.48. The first-order chi connectivity index (χ1) is 15.5. The number of nitrogens with one attached hydrogen (secondary N) is 1. The number of carboxylic acid groups (broad SMARTS) is 1. The number of carbonyl (C=O) groups is 1. The average Bonchev–Trinajstić information content (AvgIpc) is 2.76. The summed E-state index contributed by atoms with van der Waals surface area (Å²) in [6.07, 6.45) is 0. The Labute approximate surface area is 192 Å². The maximum atomic E-state index is 13.8. The Bertz CT molecular complexity index is 1330. The molecule has 1 unspecified atom stereocenters. The van der Waals surface area contributed by atoms with Crippen molar-refractivity contribution < 1.29 is 18.7 Å². The van der Waals surface area contributed by atoms with Crippen LogP contribution in [0.25, 0.3) is 11.0 Å². The van der Waals surface area contributed by atoms with Crippen molar-refractivity contribution in [3.63, 3.8) is 0 Å². The Hall–Kier alpha value is -3.58. The molecule has 1 saturated heterocycles. The molecule has 2 N–H and O–H groups in total. The second kappa shape index (κ2) is 8.08. The maximum Gasteiger partial charge on any atom is 0.356 e. The predicted molar refractivity (Wildman–Crippen MR) is 119 cm³/mol. The largest absolute Gasteiger partial charge is 0.476 e. The SMILES string of the molecule is Cc1cc([C@@H](C)Nc2ccc(Cl)nc2C(=O)O)c2nc(N3CC(F)(F)C3C)c(C#N)nc2c1. The quantitative estimate of drug-likeness (QED) is 0.519. The third-order valence-corrected chi connectivity index (χ3v) is 5.88. The van der Waals surface area contributed by atoms with E-state index < -0.39 is 30.5 Å². The second-order valence-electron chi connectivity index (χ2n) is 8.00. The van der Waals surface area contributed by atoms with Crippen LogP contribution >= 0.6 is 11.6 Å². The summed E-state index contributed by atoms with van der Waals surface area (Å²) in [5.41, 5.74) is 2.36. The van der Waals surface area contributed by atoms with Crippen LogP contribution in [-0.4, -0.2) is 44.5 Å². The number of nitrogens with zero attached hydrogens (tertiary/aromatic N) is 5. The molecule has 2 atom stereocenters. The zero-order valence-corrected chi connectivity index (χ0v) is 18.7. The molecule has 2 aromatic heterocycles. The van der Waals surface area contributed by atoms with Gasteiger partial charge in [-0.15, -0.1) is 0 Å². The maximum absolute atomic E-state index is 13.8. The molecule has 0 amide bonds. The first-order valence-electron chi connectivity index (χ1n) is 10.0. The van der Waals surface area contributed by atoms with Crippen molar-refractivity contribution in [1.29, 1.82) is 5.26 Å². The van der Waals surface area contributed by atoms with Crippen LogP contribution in [0.1, 0.15) is 47.2 Å². The van der Waals surface area contributed by atoms with Gasteiger partial charge in [-0.05, 0) is 44.5 Å². The van der Waals surface area contributed by atoms with Gasteiger partial charge in [0.05, 0.1) is 35.3 Å². The highest BCUT2D eigenvalue weighted by molar-refractivity contribution is 6.29. The fourth-order valence-corrected chi connectivity index (χ4v) is 3.97. The molecule has 170 valence electrons. The van der Waals surface area contributed by atoms with E-state index in [0.29, 0.717) is 16.6 Å². The molecule has 0 aliphatic carbocycles. The minimum Gasteiger partial charge on any atom is -0.476 e. The highest BCUT2D eigenvalue weighted by Crippen LogP contribution is 2.39. The number of pyridine rings is 1. The molecule has 1 aliphatic rings. The number of aromatic carboxylic acids is 1. The molecule has 3 heterocycles. The Morgan fingerprint density at radius 3 is 2.70 bits per heavy atom. The number of benzene rings is 1.